The number of hydrogen-bond donors (Lipinski definition) is 3. The second kappa shape index (κ2) is 9.82. The number of amides is 1. The number of carboxylic acids is 1. The van der Waals surface area contributed by atoms with E-state index in [0.717, 1.165) is 16.7 Å². The average molecular weight is 427 g/mol. The number of aliphatic carboxylic acids is 1. The van der Waals surface area contributed by atoms with Gasteiger partial charge in [-0.25, -0.2) is 4.79 Å². The van der Waals surface area contributed by atoms with Gasteiger partial charge in [0.05, 0.1) is 11.4 Å². The first-order valence-corrected chi connectivity index (χ1v) is 10.7. The highest BCUT2D eigenvalue weighted by Crippen LogP contribution is 2.28. The summed E-state index contributed by atoms with van der Waals surface area (Å²) in [6.45, 7) is 14.8. The zero-order chi connectivity index (χ0) is 22.6. The molecule has 1 amide bonds. The van der Waals surface area contributed by atoms with Crippen LogP contribution in [0.4, 0.5) is 4.79 Å². The quantitative estimate of drug-likeness (QED) is 0.548. The minimum absolute atomic E-state index is 0.239. The average Bonchev–Trinajstić information content (AvgIpc) is 2.49. The predicted octanol–water partition coefficient (Wildman–Crippen LogP) is 3.62. The van der Waals surface area contributed by atoms with Gasteiger partial charge in [0.15, 0.2) is 10.9 Å². The number of carboxylic acid groups (broad SMARTS) is 1. The van der Waals surface area contributed by atoms with Crippen molar-refractivity contribution in [3.8, 4) is 0 Å². The van der Waals surface area contributed by atoms with Crippen molar-refractivity contribution in [2.24, 2.45) is 5.41 Å². The van der Waals surface area contributed by atoms with Crippen LogP contribution >= 0.6 is 0 Å². The van der Waals surface area contributed by atoms with Crippen molar-refractivity contribution >= 4 is 23.4 Å². The van der Waals surface area contributed by atoms with Gasteiger partial charge in [-0.2, -0.15) is 0 Å². The minimum atomic E-state index is -1.68. The number of benzene rings is 1. The third-order valence-corrected chi connectivity index (χ3v) is 5.95. The number of nitrogens with one attached hydrogen (secondary N) is 2. The third kappa shape index (κ3) is 7.87. The molecule has 1 aromatic rings. The molecule has 29 heavy (non-hydrogen) atoms. The number of ether oxygens (including phenoxy) is 1. The van der Waals surface area contributed by atoms with Gasteiger partial charge in [-0.05, 0) is 53.4 Å². The van der Waals surface area contributed by atoms with Gasteiger partial charge in [-0.3, -0.25) is 4.79 Å². The molecule has 0 saturated carbocycles. The number of carbonyl (C=O) groups excluding carboxylic acids is 1. The van der Waals surface area contributed by atoms with E-state index in [1.54, 1.807) is 34.6 Å². The molecule has 1 rings (SSSR count). The molecular weight excluding hydrogens is 392 g/mol. The number of carbonyl (C=O) groups is 2. The molecule has 7 nitrogen and oxygen atoms in total. The zero-order valence-electron chi connectivity index (χ0n) is 18.6. The van der Waals surface area contributed by atoms with Gasteiger partial charge < -0.3 is 19.7 Å². The molecule has 0 aliphatic heterocycles. The standard InChI is InChI=1S/C21H34N2O5S/c1-13-11-14(2)16(15(3)12-13)29(27)23-17(18(24)25)21(7,8)9-10-22-19(26)28-20(4,5)6/h11-12,17,23H,9-10H2,1-8H3,(H,22,26)(H,24,25). The first kappa shape index (κ1) is 25.3. The molecule has 164 valence electrons. The van der Waals surface area contributed by atoms with Crippen LogP contribution in [0.1, 0.15) is 57.7 Å². The molecule has 0 fully saturated rings. The van der Waals surface area contributed by atoms with Crippen molar-refractivity contribution < 1.29 is 24.0 Å². The fourth-order valence-corrected chi connectivity index (χ4v) is 4.57. The van der Waals surface area contributed by atoms with Crippen LogP contribution in [0.3, 0.4) is 0 Å². The van der Waals surface area contributed by atoms with E-state index in [1.807, 2.05) is 32.9 Å². The Balaban J connectivity index is 2.85. The summed E-state index contributed by atoms with van der Waals surface area (Å²) in [5, 5.41) is 12.4. The predicted molar refractivity (Wildman–Crippen MR) is 114 cm³/mol. The molecule has 0 radical (unpaired) electrons. The first-order valence-electron chi connectivity index (χ1n) is 9.59. The molecular formula is C21H34N2O5S. The maximum atomic E-state index is 12.9. The van der Waals surface area contributed by atoms with E-state index < -0.39 is 40.5 Å². The van der Waals surface area contributed by atoms with Crippen LogP contribution in [-0.4, -0.2) is 39.9 Å². The van der Waals surface area contributed by atoms with Crippen molar-refractivity contribution in [3.63, 3.8) is 0 Å². The number of hydrogen-bond acceptors (Lipinski definition) is 5. The van der Waals surface area contributed by atoms with Gasteiger partial charge in [0.1, 0.15) is 5.60 Å². The van der Waals surface area contributed by atoms with E-state index in [1.165, 1.54) is 0 Å². The SMILES string of the molecule is Cc1cc(C)c([S+]([O-])NC(C(=O)O)C(C)(C)CCNC(=O)OC(C)(C)C)c(C)c1. The van der Waals surface area contributed by atoms with Crippen molar-refractivity contribution in [3.05, 3.63) is 28.8 Å². The molecule has 0 aliphatic carbocycles. The molecule has 8 heteroatoms. The summed E-state index contributed by atoms with van der Waals surface area (Å²) in [5.74, 6) is -1.09. The van der Waals surface area contributed by atoms with Crippen LogP contribution in [0, 0.1) is 26.2 Å². The van der Waals surface area contributed by atoms with Gasteiger partial charge in [0, 0.05) is 17.7 Å². The summed E-state index contributed by atoms with van der Waals surface area (Å²) in [6, 6.07) is 2.78. The van der Waals surface area contributed by atoms with Gasteiger partial charge >= 0.3 is 12.1 Å². The Bertz CT molecular complexity index is 720. The Morgan fingerprint density at radius 2 is 1.66 bits per heavy atom. The molecule has 2 unspecified atom stereocenters. The smallest absolute Gasteiger partial charge is 0.407 e. The van der Waals surface area contributed by atoms with Crippen molar-refractivity contribution in [1.82, 2.24) is 10.0 Å². The highest BCUT2D eigenvalue weighted by molar-refractivity contribution is 7.89. The van der Waals surface area contributed by atoms with Crippen LogP contribution in [0.25, 0.3) is 0 Å². The Morgan fingerprint density at radius 1 is 1.14 bits per heavy atom. The maximum Gasteiger partial charge on any atom is 0.407 e. The molecule has 3 N–H and O–H groups in total. The monoisotopic (exact) mass is 426 g/mol. The van der Waals surface area contributed by atoms with Crippen LogP contribution in [0.5, 0.6) is 0 Å². The van der Waals surface area contributed by atoms with Crippen LogP contribution < -0.4 is 10.0 Å². The van der Waals surface area contributed by atoms with Gasteiger partial charge in [-0.15, -0.1) is 4.72 Å². The van der Waals surface area contributed by atoms with Crippen LogP contribution in [-0.2, 0) is 20.9 Å². The number of alkyl carbamates (subject to hydrolysis) is 1. The Labute approximate surface area is 176 Å². The van der Waals surface area contributed by atoms with Gasteiger partial charge in [-0.1, -0.05) is 31.5 Å². The van der Waals surface area contributed by atoms with Crippen molar-refractivity contribution in [2.45, 2.75) is 78.3 Å². The molecule has 0 aliphatic rings. The van der Waals surface area contributed by atoms with E-state index in [0.29, 0.717) is 11.3 Å². The molecule has 0 bridgehead atoms. The van der Waals surface area contributed by atoms with Gasteiger partial charge in [0.2, 0.25) is 0 Å². The highest BCUT2D eigenvalue weighted by Gasteiger charge is 2.39. The largest absolute Gasteiger partial charge is 0.593 e. The number of aryl methyl sites for hydroxylation is 3. The lowest BCUT2D eigenvalue weighted by atomic mass is 9.81. The van der Waals surface area contributed by atoms with E-state index >= 15 is 0 Å². The van der Waals surface area contributed by atoms with E-state index in [-0.39, 0.29) is 6.54 Å². The fraction of sp³-hybridized carbons (Fsp3) is 0.619. The Hall–Kier alpha value is -1.77. The summed E-state index contributed by atoms with van der Waals surface area (Å²) in [4.78, 5) is 24.3. The normalized spacial score (nSPS) is 14.2. The lowest BCUT2D eigenvalue weighted by Crippen LogP contribution is -2.51. The molecule has 0 aromatic heterocycles. The Morgan fingerprint density at radius 3 is 2.10 bits per heavy atom. The van der Waals surface area contributed by atoms with Gasteiger partial charge in [0.25, 0.3) is 0 Å². The summed E-state index contributed by atoms with van der Waals surface area (Å²) >= 11 is -1.68. The van der Waals surface area contributed by atoms with Crippen molar-refractivity contribution in [1.29, 1.82) is 0 Å². The van der Waals surface area contributed by atoms with E-state index in [2.05, 4.69) is 10.0 Å². The minimum Gasteiger partial charge on any atom is -0.593 e. The maximum absolute atomic E-state index is 12.9. The molecule has 0 spiro atoms. The van der Waals surface area contributed by atoms with E-state index in [4.69, 9.17) is 4.74 Å². The number of rotatable bonds is 8. The topological polar surface area (TPSA) is 111 Å². The summed E-state index contributed by atoms with van der Waals surface area (Å²) in [7, 11) is 0. The summed E-state index contributed by atoms with van der Waals surface area (Å²) in [6.07, 6.45) is -0.193. The summed E-state index contributed by atoms with van der Waals surface area (Å²) < 4.78 is 20.9. The Kier molecular flexibility index (Phi) is 8.56. The van der Waals surface area contributed by atoms with Crippen molar-refractivity contribution in [2.75, 3.05) is 6.54 Å². The first-order chi connectivity index (χ1) is 13.1. The second-order valence-corrected chi connectivity index (χ2v) is 10.2. The lowest BCUT2D eigenvalue weighted by molar-refractivity contribution is -0.142. The third-order valence-electron chi connectivity index (χ3n) is 4.48. The van der Waals surface area contributed by atoms with E-state index in [9.17, 15) is 19.2 Å². The lowest BCUT2D eigenvalue weighted by Gasteiger charge is -2.32. The molecule has 2 atom stereocenters. The summed E-state index contributed by atoms with van der Waals surface area (Å²) in [5.41, 5.74) is 1.38. The zero-order valence-corrected chi connectivity index (χ0v) is 19.5. The molecule has 1 aromatic carbocycles. The second-order valence-electron chi connectivity index (χ2n) is 9.05. The van der Waals surface area contributed by atoms with Crippen LogP contribution in [0.2, 0.25) is 0 Å². The highest BCUT2D eigenvalue weighted by atomic mass is 32.2. The fourth-order valence-electron chi connectivity index (χ4n) is 3.11. The molecule has 0 saturated heterocycles. The van der Waals surface area contributed by atoms with Crippen LogP contribution in [0.15, 0.2) is 17.0 Å². The molecule has 0 heterocycles.